The fraction of sp³-hybridized carbons (Fsp3) is 0.500. The van der Waals surface area contributed by atoms with Crippen LogP contribution in [-0.2, 0) is 19.3 Å². The third-order valence-electron chi connectivity index (χ3n) is 4.96. The van der Waals surface area contributed by atoms with E-state index in [0.29, 0.717) is 6.32 Å². The smallest absolute Gasteiger partial charge is 0.403 e. The number of benzene rings is 1. The summed E-state index contributed by atoms with van der Waals surface area (Å²) in [7, 11) is -4.05. The normalized spacial score (nSPS) is 18.8. The lowest BCUT2D eigenvalue weighted by Gasteiger charge is -2.32. The summed E-state index contributed by atoms with van der Waals surface area (Å²) in [4.78, 5) is 0.259. The molecule has 0 aliphatic carbocycles. The average molecular weight is 391 g/mol. The van der Waals surface area contributed by atoms with Crippen molar-refractivity contribution in [3.8, 4) is 0 Å². The maximum Gasteiger partial charge on any atom is 0.461 e. The van der Waals surface area contributed by atoms with Gasteiger partial charge in [-0.25, -0.2) is 8.42 Å². The van der Waals surface area contributed by atoms with Crippen LogP contribution in [0.15, 0.2) is 53.6 Å². The average Bonchev–Trinajstić information content (AvgIpc) is 2.73. The molecule has 0 saturated carbocycles. The summed E-state index contributed by atoms with van der Waals surface area (Å²) >= 11 is 0. The molecule has 0 radical (unpaired) electrons. The van der Waals surface area contributed by atoms with E-state index in [0.717, 1.165) is 11.1 Å². The van der Waals surface area contributed by atoms with Crippen molar-refractivity contribution in [2.75, 3.05) is 6.54 Å². The van der Waals surface area contributed by atoms with Gasteiger partial charge in [-0.2, -0.15) is 0 Å². The highest BCUT2D eigenvalue weighted by molar-refractivity contribution is 7.89. The largest absolute Gasteiger partial charge is 0.461 e. The fourth-order valence-corrected chi connectivity index (χ4v) is 4.07. The molecule has 0 amide bonds. The van der Waals surface area contributed by atoms with E-state index in [9.17, 15) is 8.42 Å². The van der Waals surface area contributed by atoms with Gasteiger partial charge in [0.1, 0.15) is 0 Å². The van der Waals surface area contributed by atoms with Gasteiger partial charge in [-0.15, -0.1) is 0 Å². The van der Waals surface area contributed by atoms with Crippen LogP contribution in [0.4, 0.5) is 0 Å². The Morgan fingerprint density at radius 1 is 1.15 bits per heavy atom. The minimum absolute atomic E-state index is 0.218. The van der Waals surface area contributed by atoms with Crippen LogP contribution in [-0.4, -0.2) is 37.6 Å². The highest BCUT2D eigenvalue weighted by Gasteiger charge is 2.50. The van der Waals surface area contributed by atoms with Gasteiger partial charge in [0.25, 0.3) is 10.0 Å². The first-order valence-electron chi connectivity index (χ1n) is 9.10. The molecular formula is C20H30BNO4S. The third-order valence-corrected chi connectivity index (χ3v) is 6.69. The number of allylic oxidation sites excluding steroid dienone is 1. The molecular weight excluding hydrogens is 361 g/mol. The van der Waals surface area contributed by atoms with Crippen molar-refractivity contribution in [1.82, 2.24) is 4.31 Å². The third kappa shape index (κ3) is 5.03. The molecule has 1 aliphatic heterocycles. The second-order valence-corrected chi connectivity index (χ2v) is 10.0. The Hall–Kier alpha value is -1.57. The predicted octanol–water partition coefficient (Wildman–Crippen LogP) is 4.17. The maximum absolute atomic E-state index is 13.0. The minimum atomic E-state index is -3.65. The number of hydrogen-bond donors (Lipinski definition) is 0. The maximum atomic E-state index is 13.0. The van der Waals surface area contributed by atoms with Crippen LogP contribution in [0.25, 0.3) is 0 Å². The molecule has 0 unspecified atom stereocenters. The molecule has 1 aromatic rings. The monoisotopic (exact) mass is 391 g/mol. The van der Waals surface area contributed by atoms with Crippen molar-refractivity contribution >= 4 is 17.1 Å². The second kappa shape index (κ2) is 7.82. The van der Waals surface area contributed by atoms with Crippen molar-refractivity contribution in [2.45, 2.75) is 64.0 Å². The molecule has 0 atom stereocenters. The molecule has 148 valence electrons. The highest BCUT2D eigenvalue weighted by atomic mass is 32.2. The minimum Gasteiger partial charge on any atom is -0.403 e. The molecule has 1 heterocycles. The lowest BCUT2D eigenvalue weighted by Crippen LogP contribution is -2.41. The van der Waals surface area contributed by atoms with E-state index in [1.165, 1.54) is 4.31 Å². The zero-order chi connectivity index (χ0) is 20.5. The first-order valence-corrected chi connectivity index (χ1v) is 10.5. The first-order chi connectivity index (χ1) is 12.3. The Bertz CT molecular complexity index is 797. The summed E-state index contributed by atoms with van der Waals surface area (Å²) < 4.78 is 39.2. The number of rotatable bonds is 7. The lowest BCUT2D eigenvalue weighted by atomic mass is 9.85. The Morgan fingerprint density at radius 2 is 1.67 bits per heavy atom. The fourth-order valence-electron chi connectivity index (χ4n) is 2.68. The molecule has 0 N–H and O–H groups in total. The van der Waals surface area contributed by atoms with E-state index in [1.54, 1.807) is 43.5 Å². The molecule has 7 heteroatoms. The molecule has 0 bridgehead atoms. The predicted molar refractivity (Wildman–Crippen MR) is 110 cm³/mol. The van der Waals surface area contributed by atoms with E-state index >= 15 is 0 Å². The second-order valence-electron chi connectivity index (χ2n) is 8.13. The van der Waals surface area contributed by atoms with Gasteiger partial charge in [-0.05, 0) is 53.7 Å². The quantitative estimate of drug-likeness (QED) is 0.517. The van der Waals surface area contributed by atoms with E-state index in [1.807, 2.05) is 34.6 Å². The summed E-state index contributed by atoms with van der Waals surface area (Å²) in [5.74, 6) is 0. The summed E-state index contributed by atoms with van der Waals surface area (Å²) in [6, 6.07) is 6.83. The van der Waals surface area contributed by atoms with Crippen molar-refractivity contribution < 1.29 is 17.7 Å². The molecule has 1 aromatic carbocycles. The SMILES string of the molecule is C=C(C)CN(/C=C/CB1OC(C)(C)C(C)(C)O1)S(=O)(=O)c1ccc(C)cc1. The topological polar surface area (TPSA) is 55.8 Å². The number of hydrogen-bond acceptors (Lipinski definition) is 4. The summed E-state index contributed by atoms with van der Waals surface area (Å²) in [6.45, 7) is 15.8. The van der Waals surface area contributed by atoms with Gasteiger partial charge in [0.05, 0.1) is 22.6 Å². The Kier molecular flexibility index (Phi) is 6.29. The Labute approximate surface area is 164 Å². The molecule has 27 heavy (non-hydrogen) atoms. The van der Waals surface area contributed by atoms with Gasteiger partial charge in [0.2, 0.25) is 0 Å². The molecule has 5 nitrogen and oxygen atoms in total. The van der Waals surface area contributed by atoms with Crippen molar-refractivity contribution in [2.24, 2.45) is 0 Å². The van der Waals surface area contributed by atoms with Crippen LogP contribution >= 0.6 is 0 Å². The van der Waals surface area contributed by atoms with Gasteiger partial charge in [-0.3, -0.25) is 4.31 Å². The van der Waals surface area contributed by atoms with Gasteiger partial charge >= 0.3 is 7.12 Å². The van der Waals surface area contributed by atoms with Gasteiger partial charge in [0.15, 0.2) is 0 Å². The zero-order valence-electron chi connectivity index (χ0n) is 17.2. The Balaban J connectivity index is 2.16. The number of sulfonamides is 1. The van der Waals surface area contributed by atoms with E-state index < -0.39 is 28.3 Å². The molecule has 0 aromatic heterocycles. The summed E-state index contributed by atoms with van der Waals surface area (Å²) in [5, 5.41) is 0. The van der Waals surface area contributed by atoms with Gasteiger partial charge in [0, 0.05) is 12.5 Å². The molecule has 1 aliphatic rings. The van der Waals surface area contributed by atoms with Crippen LogP contribution in [0.2, 0.25) is 6.32 Å². The van der Waals surface area contributed by atoms with Crippen LogP contribution in [0.5, 0.6) is 0 Å². The Morgan fingerprint density at radius 3 is 2.15 bits per heavy atom. The molecule has 1 fully saturated rings. The molecule has 0 spiro atoms. The molecule has 2 rings (SSSR count). The molecule has 1 saturated heterocycles. The summed E-state index contributed by atoms with van der Waals surface area (Å²) in [5.41, 5.74) is 0.955. The van der Waals surface area contributed by atoms with Crippen LogP contribution in [0.1, 0.15) is 40.2 Å². The zero-order valence-corrected chi connectivity index (χ0v) is 18.0. The van der Waals surface area contributed by atoms with Gasteiger partial charge in [-0.1, -0.05) is 35.9 Å². The van der Waals surface area contributed by atoms with Crippen molar-refractivity contribution in [3.05, 3.63) is 54.3 Å². The van der Waals surface area contributed by atoms with E-state index in [-0.39, 0.29) is 11.4 Å². The van der Waals surface area contributed by atoms with Crippen molar-refractivity contribution in [1.29, 1.82) is 0 Å². The van der Waals surface area contributed by atoms with E-state index in [2.05, 4.69) is 6.58 Å². The first kappa shape index (κ1) is 21.7. The highest BCUT2D eigenvalue weighted by Crippen LogP contribution is 2.37. The van der Waals surface area contributed by atoms with E-state index in [4.69, 9.17) is 9.31 Å². The van der Waals surface area contributed by atoms with Gasteiger partial charge < -0.3 is 9.31 Å². The van der Waals surface area contributed by atoms with Crippen LogP contribution in [0, 0.1) is 6.92 Å². The lowest BCUT2D eigenvalue weighted by molar-refractivity contribution is 0.00578. The standard InChI is InChI=1S/C20H30BNO4S/c1-16(2)15-22(27(23,24)18-11-9-17(3)10-12-18)14-8-13-21-25-19(4,5)20(6,7)26-21/h8-12,14H,1,13,15H2,2-7H3/b14-8+. The number of nitrogens with zero attached hydrogens (tertiary/aromatic N) is 1. The van der Waals surface area contributed by atoms with Crippen LogP contribution < -0.4 is 0 Å². The van der Waals surface area contributed by atoms with Crippen molar-refractivity contribution in [3.63, 3.8) is 0 Å². The summed E-state index contributed by atoms with van der Waals surface area (Å²) in [6.07, 6.45) is 3.81. The van der Waals surface area contributed by atoms with Crippen LogP contribution in [0.3, 0.4) is 0 Å². The number of aryl methyl sites for hydroxylation is 1.